The molecule has 6 rings (SSSR count). The predicted molar refractivity (Wildman–Crippen MR) is 201 cm³/mol. The fourth-order valence-corrected chi connectivity index (χ4v) is 6.07. The van der Waals surface area contributed by atoms with Gasteiger partial charge in [0.1, 0.15) is 11.6 Å². The highest BCUT2D eigenvalue weighted by atomic mass is 16.7. The number of rotatable bonds is 14. The highest BCUT2D eigenvalue weighted by molar-refractivity contribution is 6.03. The Morgan fingerprint density at radius 2 is 1.65 bits per heavy atom. The lowest BCUT2D eigenvalue weighted by atomic mass is 10.00. The lowest BCUT2D eigenvalue weighted by Gasteiger charge is -2.21. The number of nitrogens with zero attached hydrogens (tertiary/aromatic N) is 3. The third-order valence-corrected chi connectivity index (χ3v) is 8.92. The van der Waals surface area contributed by atoms with E-state index in [1.54, 1.807) is 18.2 Å². The van der Waals surface area contributed by atoms with Crippen molar-refractivity contribution < 1.29 is 24.6 Å². The van der Waals surface area contributed by atoms with Crippen LogP contribution in [0.15, 0.2) is 108 Å². The first kappa shape index (κ1) is 34.7. The zero-order chi connectivity index (χ0) is 35.7. The van der Waals surface area contributed by atoms with Crippen LogP contribution in [0.4, 0.5) is 5.69 Å². The largest absolute Gasteiger partial charge is 0.507 e. The molecule has 1 amide bonds. The molecule has 4 aromatic carbocycles. The first-order valence-corrected chi connectivity index (χ1v) is 17.2. The standard InChI is InChI=1S/C41H41N5O5/c1-3-46(4-2)32-21-22-33(35(47)25-32)40-43-38(39(44-40)31-19-17-29(18-20-31)34-26-36(41(49)50)51-45-34)30-15-12-28(13-16-30)14-23-37(48)42-24-8-11-27-9-6-5-7-10-27/h5-7,9-10,12-23,25,36,47H,3-4,8,11,24,26H2,1-2H3,(H,42,48)(H,43,44)(H,49,50)/b23-14+. The Morgan fingerprint density at radius 1 is 0.941 bits per heavy atom. The van der Waals surface area contributed by atoms with Gasteiger partial charge in [0, 0.05) is 55.0 Å². The molecule has 0 saturated carbocycles. The molecule has 0 fully saturated rings. The van der Waals surface area contributed by atoms with Gasteiger partial charge >= 0.3 is 5.97 Å². The second kappa shape index (κ2) is 16.0. The minimum absolute atomic E-state index is 0.118. The Hall–Kier alpha value is -6.16. The summed E-state index contributed by atoms with van der Waals surface area (Å²) in [4.78, 5) is 39.5. The number of aromatic amines is 1. The summed E-state index contributed by atoms with van der Waals surface area (Å²) in [6.45, 7) is 6.39. The number of oxime groups is 1. The molecule has 0 aliphatic carbocycles. The van der Waals surface area contributed by atoms with E-state index < -0.39 is 12.1 Å². The van der Waals surface area contributed by atoms with E-state index in [2.05, 4.69) is 46.3 Å². The number of amides is 1. The number of carboxylic acid groups (broad SMARTS) is 1. The van der Waals surface area contributed by atoms with Crippen molar-refractivity contribution in [3.8, 4) is 39.7 Å². The maximum atomic E-state index is 12.5. The van der Waals surface area contributed by atoms with Gasteiger partial charge in [-0.15, -0.1) is 0 Å². The molecule has 1 atom stereocenters. The van der Waals surface area contributed by atoms with E-state index in [0.717, 1.165) is 59.6 Å². The number of carboxylic acids is 1. The van der Waals surface area contributed by atoms with Crippen LogP contribution in [0.2, 0.25) is 0 Å². The molecule has 10 heteroatoms. The van der Waals surface area contributed by atoms with Crippen LogP contribution in [0.5, 0.6) is 5.75 Å². The van der Waals surface area contributed by atoms with Gasteiger partial charge in [-0.1, -0.05) is 84.0 Å². The van der Waals surface area contributed by atoms with Crippen molar-refractivity contribution in [1.29, 1.82) is 0 Å². The highest BCUT2D eigenvalue weighted by Gasteiger charge is 2.28. The molecular formula is C41H41N5O5. The Bertz CT molecular complexity index is 2030. The van der Waals surface area contributed by atoms with Crippen LogP contribution in [0.1, 0.15) is 43.4 Å². The van der Waals surface area contributed by atoms with E-state index in [9.17, 15) is 19.8 Å². The average molecular weight is 684 g/mol. The molecule has 10 nitrogen and oxygen atoms in total. The molecule has 51 heavy (non-hydrogen) atoms. The fraction of sp³-hybridized carbons (Fsp3) is 0.220. The number of aromatic hydroxyl groups is 1. The number of anilines is 1. The molecule has 1 aliphatic rings. The summed E-state index contributed by atoms with van der Waals surface area (Å²) in [5.41, 5.74) is 8.07. The number of aryl methyl sites for hydroxylation is 1. The Labute approximate surface area is 297 Å². The monoisotopic (exact) mass is 683 g/mol. The number of benzene rings is 4. The molecule has 0 saturated heterocycles. The van der Waals surface area contributed by atoms with Crippen molar-refractivity contribution in [2.75, 3.05) is 24.5 Å². The number of hydrogen-bond acceptors (Lipinski definition) is 7. The maximum Gasteiger partial charge on any atom is 0.348 e. The van der Waals surface area contributed by atoms with Crippen molar-refractivity contribution in [3.05, 3.63) is 120 Å². The number of H-pyrrole nitrogens is 1. The fourth-order valence-electron chi connectivity index (χ4n) is 6.07. The van der Waals surface area contributed by atoms with Gasteiger partial charge in [0.25, 0.3) is 0 Å². The number of phenolic OH excluding ortho intramolecular Hbond substituents is 1. The lowest BCUT2D eigenvalue weighted by Crippen LogP contribution is -2.22. The zero-order valence-corrected chi connectivity index (χ0v) is 28.7. The quantitative estimate of drug-likeness (QED) is 0.0711. The molecule has 5 aromatic rings. The van der Waals surface area contributed by atoms with Crippen LogP contribution < -0.4 is 10.2 Å². The van der Waals surface area contributed by atoms with Crippen LogP contribution in [0.3, 0.4) is 0 Å². The van der Waals surface area contributed by atoms with Crippen LogP contribution in [0.25, 0.3) is 40.0 Å². The summed E-state index contributed by atoms with van der Waals surface area (Å²) in [6, 6.07) is 31.2. The van der Waals surface area contributed by atoms with Crippen molar-refractivity contribution >= 4 is 29.4 Å². The summed E-state index contributed by atoms with van der Waals surface area (Å²) in [7, 11) is 0. The average Bonchev–Trinajstić information content (AvgIpc) is 3.83. The number of carbonyl (C=O) groups is 2. The summed E-state index contributed by atoms with van der Waals surface area (Å²) >= 11 is 0. The number of nitrogens with one attached hydrogen (secondary N) is 2. The van der Waals surface area contributed by atoms with Gasteiger partial charge in [0.2, 0.25) is 12.0 Å². The molecule has 2 heterocycles. The van der Waals surface area contributed by atoms with E-state index in [4.69, 9.17) is 9.82 Å². The van der Waals surface area contributed by atoms with Crippen LogP contribution in [-0.4, -0.2) is 63.5 Å². The normalized spacial score (nSPS) is 13.9. The SMILES string of the molecule is CCN(CC)c1ccc(-c2nc(-c3ccc(C4=NOC(C(=O)O)C4)cc3)c(-c3ccc(/C=C/C(=O)NCCCc4ccccc4)cc3)[nH]2)c(O)c1. The van der Waals surface area contributed by atoms with Crippen molar-refractivity contribution in [3.63, 3.8) is 0 Å². The first-order valence-electron chi connectivity index (χ1n) is 17.2. The van der Waals surface area contributed by atoms with Gasteiger partial charge in [0.05, 0.1) is 22.7 Å². The molecule has 260 valence electrons. The highest BCUT2D eigenvalue weighted by Crippen LogP contribution is 2.37. The number of carbonyl (C=O) groups excluding carboxylic acids is 1. The van der Waals surface area contributed by atoms with Crippen molar-refractivity contribution in [2.24, 2.45) is 5.16 Å². The third-order valence-electron chi connectivity index (χ3n) is 8.92. The summed E-state index contributed by atoms with van der Waals surface area (Å²) < 4.78 is 0. The van der Waals surface area contributed by atoms with E-state index >= 15 is 0 Å². The van der Waals surface area contributed by atoms with Crippen molar-refractivity contribution in [2.45, 2.75) is 39.2 Å². The summed E-state index contributed by atoms with van der Waals surface area (Å²) in [5.74, 6) is -0.561. The maximum absolute atomic E-state index is 12.5. The smallest absolute Gasteiger partial charge is 0.348 e. The van der Waals surface area contributed by atoms with E-state index in [-0.39, 0.29) is 18.1 Å². The molecule has 1 aromatic heterocycles. The van der Waals surface area contributed by atoms with E-state index in [1.807, 2.05) is 78.9 Å². The summed E-state index contributed by atoms with van der Waals surface area (Å²) in [5, 5.41) is 27.3. The molecule has 0 bridgehead atoms. The minimum Gasteiger partial charge on any atom is -0.507 e. The van der Waals surface area contributed by atoms with Gasteiger partial charge in [-0.3, -0.25) is 4.79 Å². The second-order valence-electron chi connectivity index (χ2n) is 12.3. The van der Waals surface area contributed by atoms with Gasteiger partial charge in [-0.25, -0.2) is 9.78 Å². The molecule has 0 radical (unpaired) electrons. The zero-order valence-electron chi connectivity index (χ0n) is 28.7. The van der Waals surface area contributed by atoms with Crippen LogP contribution in [0, 0.1) is 0 Å². The Kier molecular flexibility index (Phi) is 10.9. The predicted octanol–water partition coefficient (Wildman–Crippen LogP) is 7.30. The van der Waals surface area contributed by atoms with E-state index in [1.165, 1.54) is 5.56 Å². The van der Waals surface area contributed by atoms with Crippen LogP contribution >= 0.6 is 0 Å². The number of hydrogen-bond donors (Lipinski definition) is 4. The third kappa shape index (κ3) is 8.36. The lowest BCUT2D eigenvalue weighted by molar-refractivity contribution is -0.148. The molecule has 0 spiro atoms. The number of aliphatic carboxylic acids is 1. The Morgan fingerprint density at radius 3 is 2.31 bits per heavy atom. The molecule has 1 unspecified atom stereocenters. The topological polar surface area (TPSA) is 140 Å². The first-order chi connectivity index (χ1) is 24.8. The second-order valence-corrected chi connectivity index (χ2v) is 12.3. The summed E-state index contributed by atoms with van der Waals surface area (Å²) in [6.07, 6.45) is 4.30. The molecule has 4 N–H and O–H groups in total. The number of imidazole rings is 1. The van der Waals surface area contributed by atoms with Crippen LogP contribution in [-0.2, 0) is 20.8 Å². The van der Waals surface area contributed by atoms with Gasteiger partial charge in [-0.05, 0) is 61.6 Å². The minimum atomic E-state index is -1.05. The number of aromatic nitrogens is 2. The number of phenols is 1. The van der Waals surface area contributed by atoms with Crippen molar-refractivity contribution in [1.82, 2.24) is 15.3 Å². The van der Waals surface area contributed by atoms with Gasteiger partial charge in [-0.2, -0.15) is 0 Å². The molecule has 1 aliphatic heterocycles. The van der Waals surface area contributed by atoms with Gasteiger partial charge < -0.3 is 30.3 Å². The Balaban J connectivity index is 1.23. The van der Waals surface area contributed by atoms with Gasteiger partial charge in [0.15, 0.2) is 0 Å². The molecular weight excluding hydrogens is 642 g/mol. The van der Waals surface area contributed by atoms with E-state index in [0.29, 0.717) is 29.3 Å².